The molecular formula is C16H15N3O7. The standard InChI is InChI=1S/C16H15N3O7/c1-3-26-12-6-4-10(5-7-12)16(20)17-11-8-13(18(21)22)15(25-2)14(9-11)19(23)24/h4-9H,3H2,1-2H3,(H,17,20). The summed E-state index contributed by atoms with van der Waals surface area (Å²) < 4.78 is 10.0. The third-order valence-electron chi connectivity index (χ3n) is 3.33. The summed E-state index contributed by atoms with van der Waals surface area (Å²) in [5.41, 5.74) is -1.08. The molecule has 0 aliphatic carbocycles. The Morgan fingerprint density at radius 2 is 1.62 bits per heavy atom. The molecule has 0 atom stereocenters. The topological polar surface area (TPSA) is 134 Å². The van der Waals surface area contributed by atoms with Gasteiger partial charge in [-0.2, -0.15) is 0 Å². The van der Waals surface area contributed by atoms with Crippen LogP contribution in [0, 0.1) is 20.2 Å². The van der Waals surface area contributed by atoms with Crippen LogP contribution in [-0.2, 0) is 0 Å². The number of nitro benzene ring substituents is 2. The molecule has 0 unspecified atom stereocenters. The number of ether oxygens (including phenoxy) is 2. The van der Waals surface area contributed by atoms with Crippen molar-refractivity contribution in [1.29, 1.82) is 0 Å². The third-order valence-corrected chi connectivity index (χ3v) is 3.33. The van der Waals surface area contributed by atoms with Gasteiger partial charge >= 0.3 is 11.4 Å². The molecule has 0 bridgehead atoms. The molecule has 0 aliphatic heterocycles. The van der Waals surface area contributed by atoms with E-state index in [1.807, 2.05) is 6.92 Å². The first-order valence-corrected chi connectivity index (χ1v) is 7.42. The number of amides is 1. The minimum atomic E-state index is -0.821. The number of methoxy groups -OCH3 is 1. The first-order chi connectivity index (χ1) is 12.4. The van der Waals surface area contributed by atoms with Gasteiger partial charge in [0, 0.05) is 17.7 Å². The van der Waals surface area contributed by atoms with Gasteiger partial charge in [-0.3, -0.25) is 25.0 Å². The molecule has 0 aliphatic rings. The zero-order valence-electron chi connectivity index (χ0n) is 13.9. The first kappa shape index (κ1) is 18.6. The molecule has 0 saturated carbocycles. The molecule has 0 saturated heterocycles. The van der Waals surface area contributed by atoms with E-state index >= 15 is 0 Å². The number of rotatable bonds is 7. The van der Waals surface area contributed by atoms with Gasteiger partial charge in [-0.15, -0.1) is 0 Å². The quantitative estimate of drug-likeness (QED) is 0.591. The van der Waals surface area contributed by atoms with Crippen LogP contribution in [0.2, 0.25) is 0 Å². The average Bonchev–Trinajstić information content (AvgIpc) is 2.61. The van der Waals surface area contributed by atoms with Gasteiger partial charge in [-0.05, 0) is 31.2 Å². The fourth-order valence-corrected chi connectivity index (χ4v) is 2.22. The highest BCUT2D eigenvalue weighted by molar-refractivity contribution is 6.04. The number of anilines is 1. The van der Waals surface area contributed by atoms with E-state index in [1.54, 1.807) is 12.1 Å². The van der Waals surface area contributed by atoms with Gasteiger partial charge in [0.15, 0.2) is 0 Å². The largest absolute Gasteiger partial charge is 0.494 e. The zero-order valence-corrected chi connectivity index (χ0v) is 13.9. The van der Waals surface area contributed by atoms with Crippen molar-refractivity contribution < 1.29 is 24.1 Å². The number of hydrogen-bond acceptors (Lipinski definition) is 7. The van der Waals surface area contributed by atoms with Crippen LogP contribution in [0.5, 0.6) is 11.5 Å². The van der Waals surface area contributed by atoms with E-state index < -0.39 is 32.9 Å². The Labute approximate surface area is 147 Å². The Kier molecular flexibility index (Phi) is 5.68. The third kappa shape index (κ3) is 4.04. The van der Waals surface area contributed by atoms with Crippen LogP contribution < -0.4 is 14.8 Å². The summed E-state index contributed by atoms with van der Waals surface area (Å²) in [6.07, 6.45) is 0. The Morgan fingerprint density at radius 3 is 2.04 bits per heavy atom. The van der Waals surface area contributed by atoms with Crippen molar-refractivity contribution in [2.45, 2.75) is 6.92 Å². The molecule has 0 heterocycles. The SMILES string of the molecule is CCOc1ccc(C(=O)Nc2cc([N+](=O)[O-])c(OC)c([N+](=O)[O-])c2)cc1. The molecule has 2 aromatic carbocycles. The highest BCUT2D eigenvalue weighted by Crippen LogP contribution is 2.39. The van der Waals surface area contributed by atoms with Crippen LogP contribution >= 0.6 is 0 Å². The lowest BCUT2D eigenvalue weighted by atomic mass is 10.2. The van der Waals surface area contributed by atoms with Crippen molar-refractivity contribution >= 4 is 23.0 Å². The van der Waals surface area contributed by atoms with Gasteiger partial charge in [0.2, 0.25) is 0 Å². The van der Waals surface area contributed by atoms with E-state index in [0.29, 0.717) is 12.4 Å². The molecule has 0 fully saturated rings. The van der Waals surface area contributed by atoms with E-state index in [9.17, 15) is 25.0 Å². The Bertz CT molecular complexity index is 814. The summed E-state index contributed by atoms with van der Waals surface area (Å²) in [4.78, 5) is 32.9. The lowest BCUT2D eigenvalue weighted by Gasteiger charge is -2.09. The molecular weight excluding hydrogens is 346 g/mol. The fourth-order valence-electron chi connectivity index (χ4n) is 2.22. The monoisotopic (exact) mass is 361 g/mol. The van der Waals surface area contributed by atoms with Gasteiger partial charge in [0.1, 0.15) is 5.75 Å². The van der Waals surface area contributed by atoms with Gasteiger partial charge in [0.25, 0.3) is 11.7 Å². The summed E-state index contributed by atoms with van der Waals surface area (Å²) in [5, 5.41) is 24.7. The minimum absolute atomic E-state index is 0.0944. The van der Waals surface area contributed by atoms with Crippen molar-refractivity contribution in [3.8, 4) is 11.5 Å². The molecule has 1 amide bonds. The van der Waals surface area contributed by atoms with Crippen molar-refractivity contribution in [2.24, 2.45) is 0 Å². The van der Waals surface area contributed by atoms with Crippen LogP contribution in [0.3, 0.4) is 0 Å². The number of nitrogens with one attached hydrogen (secondary N) is 1. The number of nitrogens with zero attached hydrogens (tertiary/aromatic N) is 2. The Balaban J connectivity index is 2.34. The normalized spacial score (nSPS) is 10.1. The highest BCUT2D eigenvalue weighted by Gasteiger charge is 2.28. The van der Waals surface area contributed by atoms with Crippen molar-refractivity contribution in [3.63, 3.8) is 0 Å². The van der Waals surface area contributed by atoms with Crippen LogP contribution in [0.4, 0.5) is 17.1 Å². The molecule has 2 aromatic rings. The van der Waals surface area contributed by atoms with E-state index in [4.69, 9.17) is 9.47 Å². The zero-order chi connectivity index (χ0) is 19.3. The van der Waals surface area contributed by atoms with Crippen LogP contribution in [-0.4, -0.2) is 29.5 Å². The summed E-state index contributed by atoms with van der Waals surface area (Å²) in [6.45, 7) is 2.30. The minimum Gasteiger partial charge on any atom is -0.494 e. The molecule has 1 N–H and O–H groups in total. The van der Waals surface area contributed by atoms with E-state index in [2.05, 4.69) is 5.32 Å². The van der Waals surface area contributed by atoms with Gasteiger partial charge < -0.3 is 14.8 Å². The number of benzene rings is 2. The summed E-state index contributed by atoms with van der Waals surface area (Å²) in [7, 11) is 1.09. The van der Waals surface area contributed by atoms with Gasteiger partial charge in [0.05, 0.1) is 29.3 Å². The molecule has 2 rings (SSSR count). The maximum atomic E-state index is 12.3. The number of nitro groups is 2. The second-order valence-corrected chi connectivity index (χ2v) is 4.97. The molecule has 0 aromatic heterocycles. The average molecular weight is 361 g/mol. The summed E-state index contributed by atoms with van der Waals surface area (Å²) >= 11 is 0. The van der Waals surface area contributed by atoms with Crippen molar-refractivity contribution in [3.05, 3.63) is 62.2 Å². The van der Waals surface area contributed by atoms with Crippen LogP contribution in [0.15, 0.2) is 36.4 Å². The van der Waals surface area contributed by atoms with Crippen molar-refractivity contribution in [1.82, 2.24) is 0 Å². The lowest BCUT2D eigenvalue weighted by Crippen LogP contribution is -2.12. The maximum Gasteiger partial charge on any atom is 0.320 e. The van der Waals surface area contributed by atoms with Gasteiger partial charge in [-0.1, -0.05) is 0 Å². The summed E-state index contributed by atoms with van der Waals surface area (Å²) in [5.74, 6) is -0.486. The highest BCUT2D eigenvalue weighted by atomic mass is 16.6. The molecule has 0 radical (unpaired) electrons. The lowest BCUT2D eigenvalue weighted by molar-refractivity contribution is -0.395. The molecule has 10 heteroatoms. The smallest absolute Gasteiger partial charge is 0.320 e. The number of carbonyl (C=O) groups is 1. The predicted octanol–water partition coefficient (Wildman–Crippen LogP) is 3.16. The summed E-state index contributed by atoms with van der Waals surface area (Å²) in [6, 6.07) is 8.20. The van der Waals surface area contributed by atoms with Crippen LogP contribution in [0.1, 0.15) is 17.3 Å². The Morgan fingerprint density at radius 1 is 1.08 bits per heavy atom. The number of carbonyl (C=O) groups excluding carboxylic acids is 1. The molecule has 26 heavy (non-hydrogen) atoms. The van der Waals surface area contributed by atoms with E-state index in [1.165, 1.54) is 12.1 Å². The molecule has 0 spiro atoms. The second-order valence-electron chi connectivity index (χ2n) is 4.97. The first-order valence-electron chi connectivity index (χ1n) is 7.42. The Hall–Kier alpha value is -3.69. The van der Waals surface area contributed by atoms with Gasteiger partial charge in [-0.25, -0.2) is 0 Å². The van der Waals surface area contributed by atoms with E-state index in [-0.39, 0.29) is 11.3 Å². The predicted molar refractivity (Wildman–Crippen MR) is 91.9 cm³/mol. The van der Waals surface area contributed by atoms with Crippen LogP contribution in [0.25, 0.3) is 0 Å². The van der Waals surface area contributed by atoms with Crippen molar-refractivity contribution in [2.75, 3.05) is 19.0 Å². The maximum absolute atomic E-state index is 12.3. The fraction of sp³-hybridized carbons (Fsp3) is 0.188. The van der Waals surface area contributed by atoms with E-state index in [0.717, 1.165) is 19.2 Å². The molecule has 10 nitrogen and oxygen atoms in total. The second kappa shape index (κ2) is 7.92. The number of hydrogen-bond donors (Lipinski definition) is 1. The molecule has 136 valence electrons.